The molecule has 25 heavy (non-hydrogen) atoms. The van der Waals surface area contributed by atoms with Crippen molar-refractivity contribution < 1.29 is 4.74 Å². The van der Waals surface area contributed by atoms with Crippen LogP contribution in [-0.4, -0.2) is 34.2 Å². The molecule has 0 saturated carbocycles. The molecule has 1 heterocycles. The first-order chi connectivity index (χ1) is 12.2. The zero-order valence-electron chi connectivity index (χ0n) is 13.7. The second-order valence-electron chi connectivity index (χ2n) is 5.34. The zero-order chi connectivity index (χ0) is 17.6. The van der Waals surface area contributed by atoms with Gasteiger partial charge < -0.3 is 4.74 Å². The molecule has 3 rings (SSSR count). The van der Waals surface area contributed by atoms with Crippen molar-refractivity contribution in [2.75, 3.05) is 19.5 Å². The molecule has 0 saturated heterocycles. The van der Waals surface area contributed by atoms with Crippen molar-refractivity contribution in [2.24, 2.45) is 0 Å². The number of hydrogen-bond acceptors (Lipinski definition) is 4. The topological polar surface area (TPSA) is 39.9 Å². The number of benzene rings is 2. The molecule has 130 valence electrons. The summed E-state index contributed by atoms with van der Waals surface area (Å²) in [6.45, 7) is 1.32. The molecule has 7 heteroatoms. The summed E-state index contributed by atoms with van der Waals surface area (Å²) in [7, 11) is 1.69. The van der Waals surface area contributed by atoms with Gasteiger partial charge in [0.05, 0.1) is 18.2 Å². The highest BCUT2D eigenvalue weighted by atomic mass is 35.5. The number of ether oxygens (including phenoxy) is 1. The minimum atomic E-state index is 0.558. The third-order valence-corrected chi connectivity index (χ3v) is 5.07. The van der Waals surface area contributed by atoms with Crippen LogP contribution in [0.5, 0.6) is 0 Å². The van der Waals surface area contributed by atoms with Gasteiger partial charge in [0.25, 0.3) is 0 Å². The lowest BCUT2D eigenvalue weighted by Gasteiger charge is -2.11. The molecule has 0 aliphatic heterocycles. The molecule has 0 aliphatic rings. The Morgan fingerprint density at radius 1 is 1.08 bits per heavy atom. The summed E-state index contributed by atoms with van der Waals surface area (Å²) in [6.07, 6.45) is 0. The van der Waals surface area contributed by atoms with Gasteiger partial charge in [0, 0.05) is 23.4 Å². The van der Waals surface area contributed by atoms with Gasteiger partial charge >= 0.3 is 0 Å². The Bertz CT molecular complexity index is 840. The number of thioether (sulfide) groups is 1. The summed E-state index contributed by atoms with van der Waals surface area (Å²) in [5.74, 6) is 1.53. The van der Waals surface area contributed by atoms with Crippen LogP contribution in [0.4, 0.5) is 0 Å². The van der Waals surface area contributed by atoms with Gasteiger partial charge in [-0.25, -0.2) is 0 Å². The van der Waals surface area contributed by atoms with Crippen molar-refractivity contribution in [3.8, 4) is 11.4 Å². The van der Waals surface area contributed by atoms with Crippen LogP contribution < -0.4 is 0 Å². The van der Waals surface area contributed by atoms with Crippen LogP contribution in [0.15, 0.2) is 53.7 Å². The Morgan fingerprint density at radius 3 is 2.60 bits per heavy atom. The molecule has 0 bridgehead atoms. The minimum Gasteiger partial charge on any atom is -0.384 e. The Morgan fingerprint density at radius 2 is 1.88 bits per heavy atom. The molecule has 0 fully saturated rings. The van der Waals surface area contributed by atoms with E-state index in [9.17, 15) is 0 Å². The van der Waals surface area contributed by atoms with Gasteiger partial charge in [-0.1, -0.05) is 65.3 Å². The van der Waals surface area contributed by atoms with Crippen molar-refractivity contribution in [1.29, 1.82) is 0 Å². The van der Waals surface area contributed by atoms with Crippen LogP contribution in [0.3, 0.4) is 0 Å². The fourth-order valence-electron chi connectivity index (χ4n) is 2.39. The molecule has 0 amide bonds. The van der Waals surface area contributed by atoms with E-state index < -0.39 is 0 Å². The number of hydrogen-bond donors (Lipinski definition) is 0. The first kappa shape index (κ1) is 18.3. The van der Waals surface area contributed by atoms with Gasteiger partial charge in [0.2, 0.25) is 0 Å². The second-order valence-corrected chi connectivity index (χ2v) is 7.25. The molecule has 0 radical (unpaired) electrons. The van der Waals surface area contributed by atoms with E-state index >= 15 is 0 Å². The smallest absolute Gasteiger partial charge is 0.191 e. The molecule has 1 aromatic heterocycles. The molecule has 3 aromatic rings. The molecule has 0 atom stereocenters. The minimum absolute atomic E-state index is 0.558. The highest BCUT2D eigenvalue weighted by molar-refractivity contribution is 7.99. The summed E-state index contributed by atoms with van der Waals surface area (Å²) in [5.41, 5.74) is 1.98. The lowest BCUT2D eigenvalue weighted by Crippen LogP contribution is -2.05. The molecule has 2 aromatic carbocycles. The lowest BCUT2D eigenvalue weighted by atomic mass is 10.2. The fourth-order valence-corrected chi connectivity index (χ4v) is 3.72. The number of rotatable bonds is 7. The largest absolute Gasteiger partial charge is 0.384 e. The monoisotopic (exact) mass is 393 g/mol. The van der Waals surface area contributed by atoms with Crippen molar-refractivity contribution >= 4 is 35.0 Å². The molecule has 0 aliphatic carbocycles. The SMILES string of the molecule is COCCSc1nnc(-c2ccc(Cl)cc2Cl)n1Cc1ccccc1. The average molecular weight is 394 g/mol. The molecule has 0 N–H and O–H groups in total. The van der Waals surface area contributed by atoms with E-state index in [4.69, 9.17) is 27.9 Å². The number of methoxy groups -OCH3 is 1. The van der Waals surface area contributed by atoms with Gasteiger partial charge in [-0.2, -0.15) is 0 Å². The molecular formula is C18H17Cl2N3OS. The third kappa shape index (κ3) is 4.55. The zero-order valence-corrected chi connectivity index (χ0v) is 16.0. The summed E-state index contributed by atoms with van der Waals surface area (Å²) >= 11 is 14.0. The van der Waals surface area contributed by atoms with Crippen molar-refractivity contribution in [3.05, 3.63) is 64.1 Å². The Balaban J connectivity index is 1.99. The normalized spacial score (nSPS) is 11.0. The Labute approximate surface area is 161 Å². The maximum absolute atomic E-state index is 6.38. The van der Waals surface area contributed by atoms with Crippen LogP contribution in [0, 0.1) is 0 Å². The molecule has 0 spiro atoms. The van der Waals surface area contributed by atoms with Gasteiger partial charge in [0.1, 0.15) is 0 Å². The Kier molecular flexibility index (Phi) is 6.37. The fraction of sp³-hybridized carbons (Fsp3) is 0.222. The van der Waals surface area contributed by atoms with Gasteiger partial charge in [0.15, 0.2) is 11.0 Å². The van der Waals surface area contributed by atoms with Gasteiger partial charge in [-0.15, -0.1) is 10.2 Å². The Hall–Kier alpha value is -1.53. The van der Waals surface area contributed by atoms with E-state index in [2.05, 4.69) is 26.9 Å². The van der Waals surface area contributed by atoms with Crippen molar-refractivity contribution in [3.63, 3.8) is 0 Å². The van der Waals surface area contributed by atoms with E-state index in [0.717, 1.165) is 22.3 Å². The van der Waals surface area contributed by atoms with Crippen molar-refractivity contribution in [2.45, 2.75) is 11.7 Å². The van der Waals surface area contributed by atoms with Crippen molar-refractivity contribution in [1.82, 2.24) is 14.8 Å². The highest BCUT2D eigenvalue weighted by Gasteiger charge is 2.17. The van der Waals surface area contributed by atoms with Gasteiger partial charge in [-0.05, 0) is 23.8 Å². The van der Waals surface area contributed by atoms with E-state index in [0.29, 0.717) is 23.2 Å². The molecule has 0 unspecified atom stereocenters. The second kappa shape index (κ2) is 8.72. The summed E-state index contributed by atoms with van der Waals surface area (Å²) in [6, 6.07) is 15.6. The van der Waals surface area contributed by atoms with Gasteiger partial charge in [-0.3, -0.25) is 4.57 Å². The third-order valence-electron chi connectivity index (χ3n) is 3.59. The van der Waals surface area contributed by atoms with Crippen LogP contribution in [0.1, 0.15) is 5.56 Å². The summed E-state index contributed by atoms with van der Waals surface area (Å²) in [4.78, 5) is 0. The quantitative estimate of drug-likeness (QED) is 0.416. The van der Waals surface area contributed by atoms with Crippen LogP contribution in [0.25, 0.3) is 11.4 Å². The standard InChI is InChI=1S/C18H17Cl2N3OS/c1-24-9-10-25-18-22-21-17(15-8-7-14(19)11-16(15)20)23(18)12-13-5-3-2-4-6-13/h2-8,11H,9-10,12H2,1H3. The lowest BCUT2D eigenvalue weighted by molar-refractivity contribution is 0.218. The first-order valence-electron chi connectivity index (χ1n) is 7.73. The van der Waals surface area contributed by atoms with Crippen LogP contribution in [0.2, 0.25) is 10.0 Å². The van der Waals surface area contributed by atoms with Crippen LogP contribution in [-0.2, 0) is 11.3 Å². The maximum Gasteiger partial charge on any atom is 0.191 e. The predicted molar refractivity (Wildman–Crippen MR) is 104 cm³/mol. The number of aromatic nitrogens is 3. The summed E-state index contributed by atoms with van der Waals surface area (Å²) in [5, 5.41) is 10.7. The van der Waals surface area contributed by atoms with E-state index in [1.54, 1.807) is 24.9 Å². The number of nitrogens with zero attached hydrogens (tertiary/aromatic N) is 3. The molecule has 4 nitrogen and oxygen atoms in total. The first-order valence-corrected chi connectivity index (χ1v) is 9.47. The van der Waals surface area contributed by atoms with E-state index in [1.807, 2.05) is 30.3 Å². The van der Waals surface area contributed by atoms with E-state index in [-0.39, 0.29) is 0 Å². The summed E-state index contributed by atoms with van der Waals surface area (Å²) < 4.78 is 7.21. The number of halogens is 2. The average Bonchev–Trinajstić information content (AvgIpc) is 2.99. The predicted octanol–water partition coefficient (Wildman–Crippen LogP) is 5.04. The molecular weight excluding hydrogens is 377 g/mol. The van der Waals surface area contributed by atoms with Crippen LogP contribution >= 0.6 is 35.0 Å². The maximum atomic E-state index is 6.38. The van der Waals surface area contributed by atoms with E-state index in [1.165, 1.54) is 5.56 Å². The highest BCUT2D eigenvalue weighted by Crippen LogP contribution is 2.31.